The molecule has 0 aliphatic rings. The van der Waals surface area contributed by atoms with Gasteiger partial charge in [0, 0.05) is 32.9 Å². The van der Waals surface area contributed by atoms with Crippen molar-refractivity contribution in [3.05, 3.63) is 15.6 Å². The van der Waals surface area contributed by atoms with Crippen LogP contribution >= 0.6 is 22.6 Å². The number of rotatable bonds is 6. The lowest BCUT2D eigenvalue weighted by atomic mass is 10.3. The summed E-state index contributed by atoms with van der Waals surface area (Å²) >= 11 is 2.23. The fourth-order valence-corrected chi connectivity index (χ4v) is 1.64. The Morgan fingerprint density at radius 2 is 2.33 bits per heavy atom. The molecule has 5 heteroatoms. The van der Waals surface area contributed by atoms with Crippen LogP contribution in [0, 0.1) is 3.57 Å². The van der Waals surface area contributed by atoms with E-state index in [0.29, 0.717) is 0 Å². The minimum atomic E-state index is 0.756. The molecule has 0 amide bonds. The molecule has 0 fully saturated rings. The molecule has 0 aliphatic carbocycles. The van der Waals surface area contributed by atoms with Gasteiger partial charge in [0.1, 0.15) is 11.6 Å². The van der Waals surface area contributed by atoms with Crippen molar-refractivity contribution in [1.29, 1.82) is 0 Å². The molecular formula is C10H16IN3O. The van der Waals surface area contributed by atoms with E-state index in [1.807, 2.05) is 6.20 Å². The Bertz CT molecular complexity index is 307. The smallest absolute Gasteiger partial charge is 0.143 e. The molecule has 1 rings (SSSR count). The van der Waals surface area contributed by atoms with Gasteiger partial charge < -0.3 is 10.1 Å². The van der Waals surface area contributed by atoms with Crippen molar-refractivity contribution in [3.8, 4) is 0 Å². The number of anilines is 1. The van der Waals surface area contributed by atoms with Gasteiger partial charge in [0.25, 0.3) is 0 Å². The number of halogens is 1. The molecule has 1 N–H and O–H groups in total. The van der Waals surface area contributed by atoms with E-state index in [0.717, 1.165) is 41.2 Å². The van der Waals surface area contributed by atoms with E-state index in [2.05, 4.69) is 44.8 Å². The van der Waals surface area contributed by atoms with Crippen LogP contribution in [0.2, 0.25) is 0 Å². The van der Waals surface area contributed by atoms with Crippen LogP contribution < -0.4 is 5.32 Å². The Hall–Kier alpha value is -0.430. The van der Waals surface area contributed by atoms with Gasteiger partial charge in [0.05, 0.1) is 3.57 Å². The Morgan fingerprint density at radius 3 is 3.00 bits per heavy atom. The molecule has 4 nitrogen and oxygen atoms in total. The Labute approximate surface area is 104 Å². The highest BCUT2D eigenvalue weighted by molar-refractivity contribution is 14.1. The average Bonchev–Trinajstić information content (AvgIpc) is 2.23. The van der Waals surface area contributed by atoms with Gasteiger partial charge in [-0.05, 0) is 35.9 Å². The molecule has 0 unspecified atom stereocenters. The van der Waals surface area contributed by atoms with E-state index in [9.17, 15) is 0 Å². The second kappa shape index (κ2) is 6.95. The van der Waals surface area contributed by atoms with Gasteiger partial charge in [0.2, 0.25) is 0 Å². The first kappa shape index (κ1) is 12.6. The third-order valence-electron chi connectivity index (χ3n) is 1.89. The van der Waals surface area contributed by atoms with E-state index in [-0.39, 0.29) is 0 Å². The number of aryl methyl sites for hydroxylation is 1. The fraction of sp³-hybridized carbons (Fsp3) is 0.600. The predicted molar refractivity (Wildman–Crippen MR) is 69.1 cm³/mol. The molecule has 0 bridgehead atoms. The van der Waals surface area contributed by atoms with Crippen LogP contribution in [-0.2, 0) is 11.2 Å². The second-order valence-corrected chi connectivity index (χ2v) is 4.27. The maximum absolute atomic E-state index is 4.99. The van der Waals surface area contributed by atoms with Crippen LogP contribution in [-0.4, -0.2) is 30.2 Å². The minimum Gasteiger partial charge on any atom is -0.385 e. The second-order valence-electron chi connectivity index (χ2n) is 3.11. The van der Waals surface area contributed by atoms with Gasteiger partial charge >= 0.3 is 0 Å². The van der Waals surface area contributed by atoms with E-state index in [4.69, 9.17) is 4.74 Å². The fourth-order valence-electron chi connectivity index (χ4n) is 1.19. The highest BCUT2D eigenvalue weighted by atomic mass is 127. The SMILES string of the molecule is CCNc1nc(CCCOC)ncc1I. The van der Waals surface area contributed by atoms with Gasteiger partial charge in [-0.25, -0.2) is 9.97 Å². The van der Waals surface area contributed by atoms with Gasteiger partial charge in [-0.3, -0.25) is 0 Å². The molecule has 0 atom stereocenters. The van der Waals surface area contributed by atoms with E-state index < -0.39 is 0 Å². The molecule has 1 aromatic heterocycles. The molecule has 0 radical (unpaired) electrons. The Balaban J connectivity index is 2.61. The summed E-state index contributed by atoms with van der Waals surface area (Å²) in [6, 6.07) is 0. The van der Waals surface area contributed by atoms with Gasteiger partial charge in [-0.2, -0.15) is 0 Å². The monoisotopic (exact) mass is 321 g/mol. The summed E-state index contributed by atoms with van der Waals surface area (Å²) in [5.41, 5.74) is 0. The van der Waals surface area contributed by atoms with Crippen LogP contribution in [0.5, 0.6) is 0 Å². The van der Waals surface area contributed by atoms with Crippen LogP contribution in [0.15, 0.2) is 6.20 Å². The number of methoxy groups -OCH3 is 1. The first-order valence-electron chi connectivity index (χ1n) is 5.02. The molecule has 0 saturated carbocycles. The molecule has 0 aliphatic heterocycles. The van der Waals surface area contributed by atoms with Crippen molar-refractivity contribution < 1.29 is 4.74 Å². The highest BCUT2D eigenvalue weighted by Crippen LogP contribution is 2.14. The van der Waals surface area contributed by atoms with E-state index in [1.165, 1.54) is 0 Å². The first-order chi connectivity index (χ1) is 7.27. The minimum absolute atomic E-state index is 0.756. The lowest BCUT2D eigenvalue weighted by molar-refractivity contribution is 0.194. The van der Waals surface area contributed by atoms with Crippen molar-refractivity contribution in [2.24, 2.45) is 0 Å². The summed E-state index contributed by atoms with van der Waals surface area (Å²) < 4.78 is 6.05. The van der Waals surface area contributed by atoms with Crippen molar-refractivity contribution in [3.63, 3.8) is 0 Å². The third-order valence-corrected chi connectivity index (χ3v) is 2.68. The average molecular weight is 321 g/mol. The molecule has 0 spiro atoms. The quantitative estimate of drug-likeness (QED) is 0.644. The van der Waals surface area contributed by atoms with Crippen molar-refractivity contribution in [2.75, 3.05) is 25.6 Å². The van der Waals surface area contributed by atoms with Crippen molar-refractivity contribution >= 4 is 28.4 Å². The zero-order valence-electron chi connectivity index (χ0n) is 9.09. The first-order valence-corrected chi connectivity index (χ1v) is 6.10. The molecule has 1 aromatic rings. The van der Waals surface area contributed by atoms with Gasteiger partial charge in [-0.15, -0.1) is 0 Å². The van der Waals surface area contributed by atoms with Gasteiger partial charge in [0.15, 0.2) is 0 Å². The summed E-state index contributed by atoms with van der Waals surface area (Å²) in [5.74, 6) is 1.81. The Morgan fingerprint density at radius 1 is 1.53 bits per heavy atom. The summed E-state index contributed by atoms with van der Waals surface area (Å²) in [6.45, 7) is 3.69. The summed E-state index contributed by atoms with van der Waals surface area (Å²) in [5, 5.41) is 3.22. The summed E-state index contributed by atoms with van der Waals surface area (Å²) in [6.07, 6.45) is 3.68. The number of aromatic nitrogens is 2. The standard InChI is InChI=1S/C10H16IN3O/c1-3-12-10-8(11)7-13-9(14-10)5-4-6-15-2/h7H,3-6H2,1-2H3,(H,12,13,14). The topological polar surface area (TPSA) is 47.0 Å². The molecule has 0 aromatic carbocycles. The van der Waals surface area contributed by atoms with Gasteiger partial charge in [-0.1, -0.05) is 0 Å². The molecule has 1 heterocycles. The number of nitrogens with zero attached hydrogens (tertiary/aromatic N) is 2. The molecule has 0 saturated heterocycles. The lowest BCUT2D eigenvalue weighted by Gasteiger charge is -2.06. The van der Waals surface area contributed by atoms with E-state index >= 15 is 0 Å². The number of nitrogens with one attached hydrogen (secondary N) is 1. The highest BCUT2D eigenvalue weighted by Gasteiger charge is 2.03. The number of hydrogen-bond donors (Lipinski definition) is 1. The largest absolute Gasteiger partial charge is 0.385 e. The maximum Gasteiger partial charge on any atom is 0.143 e. The van der Waals surface area contributed by atoms with Crippen molar-refractivity contribution in [1.82, 2.24) is 9.97 Å². The van der Waals surface area contributed by atoms with Crippen LogP contribution in [0.1, 0.15) is 19.2 Å². The van der Waals surface area contributed by atoms with Crippen molar-refractivity contribution in [2.45, 2.75) is 19.8 Å². The predicted octanol–water partition coefficient (Wildman–Crippen LogP) is 2.09. The normalized spacial score (nSPS) is 10.3. The molecule has 84 valence electrons. The molecular weight excluding hydrogens is 305 g/mol. The summed E-state index contributed by atoms with van der Waals surface area (Å²) in [7, 11) is 1.71. The molecule has 15 heavy (non-hydrogen) atoms. The zero-order valence-corrected chi connectivity index (χ0v) is 11.2. The van der Waals surface area contributed by atoms with Crippen LogP contribution in [0.4, 0.5) is 5.82 Å². The van der Waals surface area contributed by atoms with E-state index in [1.54, 1.807) is 7.11 Å². The van der Waals surface area contributed by atoms with Crippen LogP contribution in [0.25, 0.3) is 0 Å². The number of ether oxygens (including phenoxy) is 1. The zero-order chi connectivity index (χ0) is 11.1. The Kier molecular flexibility index (Phi) is 5.85. The number of hydrogen-bond acceptors (Lipinski definition) is 4. The maximum atomic E-state index is 4.99. The van der Waals surface area contributed by atoms with Crippen LogP contribution in [0.3, 0.4) is 0 Å². The third kappa shape index (κ3) is 4.29. The lowest BCUT2D eigenvalue weighted by Crippen LogP contribution is -2.06. The summed E-state index contributed by atoms with van der Waals surface area (Å²) in [4.78, 5) is 8.73.